The number of carbonyl (C=O) groups excluding carboxylic acids is 1. The van der Waals surface area contributed by atoms with Gasteiger partial charge in [-0.3, -0.25) is 9.48 Å². The van der Waals surface area contributed by atoms with E-state index in [2.05, 4.69) is 5.10 Å². The van der Waals surface area contributed by atoms with Gasteiger partial charge in [-0.1, -0.05) is 12.1 Å². The standard InChI is InChI=1S/C14H15ClN2O2/c15-7-2-1-5-11(18)13-10-4-3-6-12-14(10)17(16-13)8-9-19-12/h3-4,6H,1-2,5,7-9H2. The van der Waals surface area contributed by atoms with Gasteiger partial charge >= 0.3 is 0 Å². The van der Waals surface area contributed by atoms with Crippen LogP contribution in [-0.2, 0) is 6.54 Å². The van der Waals surface area contributed by atoms with Crippen molar-refractivity contribution < 1.29 is 9.53 Å². The van der Waals surface area contributed by atoms with Crippen LogP contribution in [0.2, 0.25) is 0 Å². The second kappa shape index (κ2) is 5.21. The first-order chi connectivity index (χ1) is 9.31. The zero-order valence-corrected chi connectivity index (χ0v) is 11.3. The van der Waals surface area contributed by atoms with E-state index in [1.807, 2.05) is 22.9 Å². The van der Waals surface area contributed by atoms with E-state index in [1.54, 1.807) is 0 Å². The maximum atomic E-state index is 12.2. The molecule has 1 aliphatic heterocycles. The minimum absolute atomic E-state index is 0.0907. The van der Waals surface area contributed by atoms with Crippen molar-refractivity contribution in [1.29, 1.82) is 0 Å². The monoisotopic (exact) mass is 278 g/mol. The van der Waals surface area contributed by atoms with E-state index in [-0.39, 0.29) is 5.78 Å². The molecule has 0 atom stereocenters. The van der Waals surface area contributed by atoms with Crippen LogP contribution in [0.1, 0.15) is 29.8 Å². The van der Waals surface area contributed by atoms with Gasteiger partial charge in [0.05, 0.1) is 6.54 Å². The fourth-order valence-electron chi connectivity index (χ4n) is 2.43. The quantitative estimate of drug-likeness (QED) is 0.480. The van der Waals surface area contributed by atoms with Crippen molar-refractivity contribution in [1.82, 2.24) is 9.78 Å². The third-order valence-electron chi connectivity index (χ3n) is 3.35. The number of benzene rings is 1. The number of para-hydroxylation sites is 1. The number of nitrogens with zero attached hydrogens (tertiary/aromatic N) is 2. The molecular formula is C14H15ClN2O2. The zero-order chi connectivity index (χ0) is 13.2. The summed E-state index contributed by atoms with van der Waals surface area (Å²) >= 11 is 5.63. The zero-order valence-electron chi connectivity index (χ0n) is 10.6. The van der Waals surface area contributed by atoms with Gasteiger partial charge in [0.15, 0.2) is 5.78 Å². The number of alkyl halides is 1. The predicted octanol–water partition coefficient (Wildman–Crippen LogP) is 3.02. The molecule has 0 amide bonds. The number of Topliss-reactive ketones (excluding diaryl/α,β-unsaturated/α-hetero) is 1. The number of ketones is 1. The van der Waals surface area contributed by atoms with Crippen molar-refractivity contribution in [2.75, 3.05) is 12.5 Å². The molecule has 0 fully saturated rings. The van der Waals surface area contributed by atoms with E-state index >= 15 is 0 Å². The molecular weight excluding hydrogens is 264 g/mol. The van der Waals surface area contributed by atoms with Crippen LogP contribution in [0.15, 0.2) is 18.2 Å². The van der Waals surface area contributed by atoms with Crippen molar-refractivity contribution >= 4 is 28.3 Å². The van der Waals surface area contributed by atoms with E-state index in [1.165, 1.54) is 0 Å². The van der Waals surface area contributed by atoms with Gasteiger partial charge in [-0.25, -0.2) is 0 Å². The van der Waals surface area contributed by atoms with E-state index in [4.69, 9.17) is 16.3 Å². The molecule has 5 heteroatoms. The van der Waals surface area contributed by atoms with Crippen molar-refractivity contribution in [3.8, 4) is 5.75 Å². The van der Waals surface area contributed by atoms with Gasteiger partial charge in [0.2, 0.25) is 0 Å². The average Bonchev–Trinajstić information content (AvgIpc) is 2.81. The number of ether oxygens (including phenoxy) is 1. The topological polar surface area (TPSA) is 44.1 Å². The maximum Gasteiger partial charge on any atom is 0.183 e. The number of halogens is 1. The lowest BCUT2D eigenvalue weighted by Gasteiger charge is -2.14. The minimum atomic E-state index is 0.0907. The Morgan fingerprint density at radius 3 is 3.16 bits per heavy atom. The molecule has 1 aromatic carbocycles. The molecule has 0 N–H and O–H groups in total. The number of hydrogen-bond donors (Lipinski definition) is 0. The number of hydrogen-bond acceptors (Lipinski definition) is 3. The summed E-state index contributed by atoms with van der Waals surface area (Å²) in [6, 6.07) is 5.76. The third-order valence-corrected chi connectivity index (χ3v) is 3.61. The summed E-state index contributed by atoms with van der Waals surface area (Å²) in [7, 11) is 0. The Morgan fingerprint density at radius 2 is 2.32 bits per heavy atom. The second-order valence-electron chi connectivity index (χ2n) is 4.64. The lowest BCUT2D eigenvalue weighted by Crippen LogP contribution is -2.15. The van der Waals surface area contributed by atoms with E-state index in [9.17, 15) is 4.79 Å². The largest absolute Gasteiger partial charge is 0.489 e. The van der Waals surface area contributed by atoms with E-state index < -0.39 is 0 Å². The van der Waals surface area contributed by atoms with Crippen LogP contribution in [0.5, 0.6) is 5.75 Å². The summed E-state index contributed by atoms with van der Waals surface area (Å²) in [5, 5.41) is 5.35. The first-order valence-electron chi connectivity index (χ1n) is 6.53. The highest BCUT2D eigenvalue weighted by molar-refractivity contribution is 6.17. The van der Waals surface area contributed by atoms with Gasteiger partial charge in [-0.15, -0.1) is 11.6 Å². The summed E-state index contributed by atoms with van der Waals surface area (Å²) in [6.07, 6.45) is 2.18. The van der Waals surface area contributed by atoms with E-state index in [0.29, 0.717) is 31.1 Å². The Bertz CT molecular complexity index is 621. The van der Waals surface area contributed by atoms with E-state index in [0.717, 1.165) is 29.5 Å². The molecule has 100 valence electrons. The molecule has 0 spiro atoms. The number of rotatable bonds is 5. The van der Waals surface area contributed by atoms with Crippen LogP contribution < -0.4 is 4.74 Å². The average molecular weight is 279 g/mol. The number of aromatic nitrogens is 2. The summed E-state index contributed by atoms with van der Waals surface area (Å²) in [5.41, 5.74) is 1.51. The molecule has 4 nitrogen and oxygen atoms in total. The molecule has 2 heterocycles. The Balaban J connectivity index is 1.97. The summed E-state index contributed by atoms with van der Waals surface area (Å²) in [5.74, 6) is 1.50. The highest BCUT2D eigenvalue weighted by Gasteiger charge is 2.21. The molecule has 0 bridgehead atoms. The van der Waals surface area contributed by atoms with Crippen LogP contribution in [0.3, 0.4) is 0 Å². The van der Waals surface area contributed by atoms with Crippen molar-refractivity contribution in [3.05, 3.63) is 23.9 Å². The van der Waals surface area contributed by atoms with Gasteiger partial charge in [0.1, 0.15) is 23.6 Å². The highest BCUT2D eigenvalue weighted by atomic mass is 35.5. The summed E-state index contributed by atoms with van der Waals surface area (Å²) < 4.78 is 7.48. The smallest absolute Gasteiger partial charge is 0.183 e. The van der Waals surface area contributed by atoms with Gasteiger partial charge < -0.3 is 4.74 Å². The van der Waals surface area contributed by atoms with Gasteiger partial charge in [0, 0.05) is 17.7 Å². The van der Waals surface area contributed by atoms with Crippen molar-refractivity contribution in [3.63, 3.8) is 0 Å². The highest BCUT2D eigenvalue weighted by Crippen LogP contribution is 2.31. The van der Waals surface area contributed by atoms with Gasteiger partial charge in [-0.2, -0.15) is 5.10 Å². The third kappa shape index (κ3) is 2.21. The molecule has 3 rings (SSSR count). The first kappa shape index (κ1) is 12.5. The van der Waals surface area contributed by atoms with Crippen LogP contribution >= 0.6 is 11.6 Å². The Labute approximate surface area is 116 Å². The molecule has 2 aromatic rings. The maximum absolute atomic E-state index is 12.2. The lowest BCUT2D eigenvalue weighted by atomic mass is 10.1. The van der Waals surface area contributed by atoms with Crippen LogP contribution in [0.4, 0.5) is 0 Å². The normalized spacial score (nSPS) is 13.5. The van der Waals surface area contributed by atoms with Crippen LogP contribution in [0, 0.1) is 0 Å². The SMILES string of the molecule is O=C(CCCCCl)c1nn2c3c(cccc13)OCC2. The summed E-state index contributed by atoms with van der Waals surface area (Å²) in [4.78, 5) is 12.2. The molecule has 0 radical (unpaired) electrons. The molecule has 0 saturated carbocycles. The molecule has 19 heavy (non-hydrogen) atoms. The fraction of sp³-hybridized carbons (Fsp3) is 0.429. The Kier molecular flexibility index (Phi) is 3.42. The van der Waals surface area contributed by atoms with Gasteiger partial charge in [0.25, 0.3) is 0 Å². The number of unbranched alkanes of at least 4 members (excludes halogenated alkanes) is 1. The summed E-state index contributed by atoms with van der Waals surface area (Å²) in [6.45, 7) is 1.30. The fourth-order valence-corrected chi connectivity index (χ4v) is 2.62. The minimum Gasteiger partial charge on any atom is -0.489 e. The first-order valence-corrected chi connectivity index (χ1v) is 7.06. The molecule has 0 saturated heterocycles. The van der Waals surface area contributed by atoms with Crippen molar-refractivity contribution in [2.24, 2.45) is 0 Å². The molecule has 0 unspecified atom stereocenters. The molecule has 1 aliphatic rings. The van der Waals surface area contributed by atoms with Crippen LogP contribution in [0.25, 0.3) is 10.9 Å². The van der Waals surface area contributed by atoms with Crippen molar-refractivity contribution in [2.45, 2.75) is 25.8 Å². The number of carbonyl (C=O) groups is 1. The Hall–Kier alpha value is -1.55. The lowest BCUT2D eigenvalue weighted by molar-refractivity contribution is 0.0975. The Morgan fingerprint density at radius 1 is 1.42 bits per heavy atom. The molecule has 0 aliphatic carbocycles. The predicted molar refractivity (Wildman–Crippen MR) is 74.1 cm³/mol. The second-order valence-corrected chi connectivity index (χ2v) is 5.02. The van der Waals surface area contributed by atoms with Gasteiger partial charge in [-0.05, 0) is 18.9 Å². The van der Waals surface area contributed by atoms with Crippen LogP contribution in [-0.4, -0.2) is 28.1 Å². The molecule has 1 aromatic heterocycles.